The molecule has 5 heteroatoms. The van der Waals surface area contributed by atoms with Gasteiger partial charge in [-0.15, -0.1) is 11.3 Å². The van der Waals surface area contributed by atoms with Gasteiger partial charge in [-0.05, 0) is 24.5 Å². The van der Waals surface area contributed by atoms with Gasteiger partial charge in [0, 0.05) is 17.6 Å². The number of rotatable bonds is 1. The molecule has 0 saturated heterocycles. The lowest BCUT2D eigenvalue weighted by molar-refractivity contribution is 0.129. The molecule has 1 N–H and O–H groups in total. The molecule has 1 aliphatic heterocycles. The molecule has 19 heavy (non-hydrogen) atoms. The highest BCUT2D eigenvalue weighted by molar-refractivity contribution is 7.11. The van der Waals surface area contributed by atoms with Crippen LogP contribution in [-0.4, -0.2) is 27.6 Å². The normalized spacial score (nSPS) is 18.2. The van der Waals surface area contributed by atoms with Gasteiger partial charge < -0.3 is 5.11 Å². The molecule has 0 bridgehead atoms. The number of carboxylic acid groups (broad SMARTS) is 1. The minimum absolute atomic E-state index is 0.263. The standard InChI is InChI=1S/C14H14N2O2S/c1-9-8-15-13(19-9)12-11-5-3-2-4-10(11)6-7-16(12)14(17)18/h2-5,8,12H,6-7H2,1H3,(H,17,18). The molecule has 1 amide bonds. The Hall–Kier alpha value is -1.88. The van der Waals surface area contributed by atoms with Crippen molar-refractivity contribution in [2.45, 2.75) is 19.4 Å². The summed E-state index contributed by atoms with van der Waals surface area (Å²) in [5, 5.41) is 10.3. The molecule has 0 aliphatic carbocycles. The number of carbonyl (C=O) groups is 1. The first-order chi connectivity index (χ1) is 9.16. The molecule has 2 aromatic rings. The maximum Gasteiger partial charge on any atom is 0.408 e. The first-order valence-electron chi connectivity index (χ1n) is 6.16. The number of hydrogen-bond donors (Lipinski definition) is 1. The Labute approximate surface area is 115 Å². The molecule has 3 rings (SSSR count). The molecule has 1 atom stereocenters. The van der Waals surface area contributed by atoms with Crippen LogP contribution < -0.4 is 0 Å². The van der Waals surface area contributed by atoms with Crippen LogP contribution in [0.5, 0.6) is 0 Å². The predicted octanol–water partition coefficient (Wildman–Crippen LogP) is 3.08. The van der Waals surface area contributed by atoms with Crippen molar-refractivity contribution >= 4 is 17.4 Å². The van der Waals surface area contributed by atoms with Gasteiger partial charge in [-0.2, -0.15) is 0 Å². The van der Waals surface area contributed by atoms with Gasteiger partial charge in [0.15, 0.2) is 0 Å². The Kier molecular flexibility index (Phi) is 2.98. The number of benzene rings is 1. The zero-order chi connectivity index (χ0) is 13.4. The van der Waals surface area contributed by atoms with Crippen molar-refractivity contribution < 1.29 is 9.90 Å². The van der Waals surface area contributed by atoms with E-state index in [-0.39, 0.29) is 6.04 Å². The summed E-state index contributed by atoms with van der Waals surface area (Å²) in [5.74, 6) is 0. The number of aryl methyl sites for hydroxylation is 1. The third kappa shape index (κ3) is 2.10. The summed E-state index contributed by atoms with van der Waals surface area (Å²) in [6.07, 6.45) is 1.69. The second-order valence-electron chi connectivity index (χ2n) is 4.64. The highest BCUT2D eigenvalue weighted by atomic mass is 32.1. The van der Waals surface area contributed by atoms with Crippen LogP contribution in [0.2, 0.25) is 0 Å². The molecule has 1 unspecified atom stereocenters. The van der Waals surface area contributed by atoms with Crippen molar-refractivity contribution in [3.8, 4) is 0 Å². The van der Waals surface area contributed by atoms with Crippen molar-refractivity contribution in [2.75, 3.05) is 6.54 Å². The second kappa shape index (κ2) is 4.66. The highest BCUT2D eigenvalue weighted by Gasteiger charge is 2.33. The van der Waals surface area contributed by atoms with Crippen molar-refractivity contribution in [2.24, 2.45) is 0 Å². The van der Waals surface area contributed by atoms with Gasteiger partial charge in [0.05, 0.1) is 0 Å². The largest absolute Gasteiger partial charge is 0.465 e. The van der Waals surface area contributed by atoms with Crippen molar-refractivity contribution in [1.82, 2.24) is 9.88 Å². The maximum absolute atomic E-state index is 11.5. The quantitative estimate of drug-likeness (QED) is 0.869. The summed E-state index contributed by atoms with van der Waals surface area (Å²) in [6.45, 7) is 2.51. The molecule has 1 aliphatic rings. The van der Waals surface area contributed by atoms with Crippen molar-refractivity contribution in [3.63, 3.8) is 0 Å². The number of nitrogens with zero attached hydrogens (tertiary/aromatic N) is 2. The van der Waals surface area contributed by atoms with Gasteiger partial charge >= 0.3 is 6.09 Å². The van der Waals surface area contributed by atoms with Gasteiger partial charge in [-0.1, -0.05) is 24.3 Å². The van der Waals surface area contributed by atoms with Crippen LogP contribution in [0.1, 0.15) is 27.1 Å². The van der Waals surface area contributed by atoms with E-state index in [9.17, 15) is 9.90 Å². The zero-order valence-electron chi connectivity index (χ0n) is 10.5. The molecular formula is C14H14N2O2S. The number of aromatic nitrogens is 1. The van der Waals surface area contributed by atoms with Gasteiger partial charge in [-0.25, -0.2) is 9.78 Å². The van der Waals surface area contributed by atoms with E-state index in [0.717, 1.165) is 21.9 Å². The van der Waals surface area contributed by atoms with Gasteiger partial charge in [0.2, 0.25) is 0 Å². The van der Waals surface area contributed by atoms with E-state index in [1.807, 2.05) is 25.1 Å². The van der Waals surface area contributed by atoms with E-state index in [4.69, 9.17) is 0 Å². The molecule has 4 nitrogen and oxygen atoms in total. The van der Waals surface area contributed by atoms with Crippen LogP contribution in [0.3, 0.4) is 0 Å². The first kappa shape index (κ1) is 12.2. The van der Waals surface area contributed by atoms with Gasteiger partial charge in [0.1, 0.15) is 11.0 Å². The molecule has 0 spiro atoms. The monoisotopic (exact) mass is 274 g/mol. The Bertz CT molecular complexity index is 623. The van der Waals surface area contributed by atoms with Crippen LogP contribution >= 0.6 is 11.3 Å². The molecule has 0 fully saturated rings. The molecule has 0 saturated carbocycles. The van der Waals surface area contributed by atoms with Crippen LogP contribution in [0.4, 0.5) is 4.79 Å². The minimum Gasteiger partial charge on any atom is -0.465 e. The van der Waals surface area contributed by atoms with Crippen LogP contribution in [-0.2, 0) is 6.42 Å². The third-order valence-electron chi connectivity index (χ3n) is 3.40. The van der Waals surface area contributed by atoms with Crippen LogP contribution in [0, 0.1) is 6.92 Å². The highest BCUT2D eigenvalue weighted by Crippen LogP contribution is 2.36. The van der Waals surface area contributed by atoms with Crippen LogP contribution in [0.15, 0.2) is 30.5 Å². The fourth-order valence-corrected chi connectivity index (χ4v) is 3.44. The Balaban J connectivity index is 2.12. The summed E-state index contributed by atoms with van der Waals surface area (Å²) in [5.41, 5.74) is 2.28. The Morgan fingerprint density at radius 1 is 1.47 bits per heavy atom. The lowest BCUT2D eigenvalue weighted by Crippen LogP contribution is -2.39. The molecule has 0 radical (unpaired) electrons. The third-order valence-corrected chi connectivity index (χ3v) is 4.37. The van der Waals surface area contributed by atoms with Gasteiger partial charge in [0.25, 0.3) is 0 Å². The lowest BCUT2D eigenvalue weighted by Gasteiger charge is -2.34. The van der Waals surface area contributed by atoms with E-state index in [1.54, 1.807) is 17.5 Å². The molecule has 2 heterocycles. The molecule has 98 valence electrons. The predicted molar refractivity (Wildman–Crippen MR) is 73.6 cm³/mol. The Morgan fingerprint density at radius 2 is 2.26 bits per heavy atom. The summed E-state index contributed by atoms with van der Waals surface area (Å²) in [7, 11) is 0. The average molecular weight is 274 g/mol. The van der Waals surface area contributed by atoms with Crippen molar-refractivity contribution in [3.05, 3.63) is 51.5 Å². The molecular weight excluding hydrogens is 260 g/mol. The fraction of sp³-hybridized carbons (Fsp3) is 0.286. The summed E-state index contributed by atoms with van der Waals surface area (Å²) in [4.78, 5) is 18.4. The first-order valence-corrected chi connectivity index (χ1v) is 6.98. The summed E-state index contributed by atoms with van der Waals surface area (Å²) in [6, 6.07) is 7.77. The molecule has 1 aromatic carbocycles. The smallest absolute Gasteiger partial charge is 0.408 e. The number of amides is 1. The summed E-state index contributed by atoms with van der Waals surface area (Å²) < 4.78 is 0. The fourth-order valence-electron chi connectivity index (χ4n) is 2.54. The van der Waals surface area contributed by atoms with E-state index in [0.29, 0.717) is 6.54 Å². The SMILES string of the molecule is Cc1cnc(C2c3ccccc3CCN2C(=O)O)s1. The minimum atomic E-state index is -0.882. The summed E-state index contributed by atoms with van der Waals surface area (Å²) >= 11 is 1.56. The van der Waals surface area contributed by atoms with Crippen molar-refractivity contribution in [1.29, 1.82) is 0 Å². The van der Waals surface area contributed by atoms with E-state index in [2.05, 4.69) is 11.1 Å². The zero-order valence-corrected chi connectivity index (χ0v) is 11.4. The van der Waals surface area contributed by atoms with E-state index in [1.165, 1.54) is 10.5 Å². The topological polar surface area (TPSA) is 53.4 Å². The van der Waals surface area contributed by atoms with E-state index < -0.39 is 6.09 Å². The lowest BCUT2D eigenvalue weighted by atomic mass is 9.93. The Morgan fingerprint density at radius 3 is 2.95 bits per heavy atom. The van der Waals surface area contributed by atoms with Crippen LogP contribution in [0.25, 0.3) is 0 Å². The number of thiazole rings is 1. The second-order valence-corrected chi connectivity index (χ2v) is 5.90. The van der Waals surface area contributed by atoms with Gasteiger partial charge in [-0.3, -0.25) is 4.90 Å². The molecule has 1 aromatic heterocycles. The number of fused-ring (bicyclic) bond motifs is 1. The van der Waals surface area contributed by atoms with E-state index >= 15 is 0 Å². The average Bonchev–Trinajstić information content (AvgIpc) is 2.83. The maximum atomic E-state index is 11.5. The number of hydrogen-bond acceptors (Lipinski definition) is 3.